The Morgan fingerprint density at radius 2 is 2.36 bits per heavy atom. The minimum absolute atomic E-state index is 0.660. The van der Waals surface area contributed by atoms with Crippen molar-refractivity contribution in [3.63, 3.8) is 0 Å². The lowest BCUT2D eigenvalue weighted by molar-refractivity contribution is 0.323. The number of ether oxygens (including phenoxy) is 1. The number of rotatable bonds is 3. The minimum atomic E-state index is 0.660. The molecule has 1 heterocycles. The summed E-state index contributed by atoms with van der Waals surface area (Å²) in [5, 5.41) is 7.77. The highest BCUT2D eigenvalue weighted by Crippen LogP contribution is 2.30. The van der Waals surface area contributed by atoms with E-state index in [0.717, 1.165) is 23.1 Å². The van der Waals surface area contributed by atoms with Gasteiger partial charge >= 0.3 is 0 Å². The normalized spacial score (nSPS) is 10.6. The second-order valence-corrected chi connectivity index (χ2v) is 3.16. The van der Waals surface area contributed by atoms with Crippen LogP contribution in [0, 0.1) is 0 Å². The number of nitrogens with two attached hydrogens (primary N) is 1. The molecule has 0 aliphatic rings. The maximum atomic E-state index is 5.82. The molecule has 0 amide bonds. The number of nitrogens with one attached hydrogen (secondary N) is 1. The van der Waals surface area contributed by atoms with Crippen molar-refractivity contribution in [3.8, 4) is 5.75 Å². The Bertz CT molecular complexity index is 436. The van der Waals surface area contributed by atoms with E-state index in [1.807, 2.05) is 12.1 Å². The first-order valence-electron chi connectivity index (χ1n) is 4.67. The number of H-pyrrole nitrogens is 1. The highest BCUT2D eigenvalue weighted by Gasteiger charge is 2.07. The molecule has 4 nitrogen and oxygen atoms in total. The predicted octanol–water partition coefficient (Wildman–Crippen LogP) is 1.93. The summed E-state index contributed by atoms with van der Waals surface area (Å²) < 4.78 is 5.57. The van der Waals surface area contributed by atoms with Crippen LogP contribution in [0.3, 0.4) is 0 Å². The van der Waals surface area contributed by atoms with Crippen LogP contribution in [0.25, 0.3) is 10.9 Å². The molecular weight excluding hydrogens is 178 g/mol. The first-order valence-corrected chi connectivity index (χ1v) is 4.67. The zero-order valence-corrected chi connectivity index (χ0v) is 8.08. The quantitative estimate of drug-likeness (QED) is 0.728. The first-order chi connectivity index (χ1) is 6.83. The molecule has 4 heteroatoms. The third-order valence-corrected chi connectivity index (χ3v) is 2.06. The van der Waals surface area contributed by atoms with E-state index >= 15 is 0 Å². The van der Waals surface area contributed by atoms with Crippen LogP contribution < -0.4 is 10.5 Å². The van der Waals surface area contributed by atoms with E-state index in [1.54, 1.807) is 6.20 Å². The van der Waals surface area contributed by atoms with E-state index in [4.69, 9.17) is 10.5 Å². The molecule has 0 aliphatic heterocycles. The molecule has 0 aliphatic carbocycles. The number of fused-ring (bicyclic) bond motifs is 1. The lowest BCUT2D eigenvalue weighted by Crippen LogP contribution is -1.99. The van der Waals surface area contributed by atoms with Crippen molar-refractivity contribution in [1.29, 1.82) is 0 Å². The maximum Gasteiger partial charge on any atom is 0.153 e. The monoisotopic (exact) mass is 191 g/mol. The van der Waals surface area contributed by atoms with E-state index in [2.05, 4.69) is 17.1 Å². The average Bonchev–Trinajstić information content (AvgIpc) is 2.64. The van der Waals surface area contributed by atoms with E-state index < -0.39 is 0 Å². The molecule has 0 radical (unpaired) electrons. The third-order valence-electron chi connectivity index (χ3n) is 2.06. The van der Waals surface area contributed by atoms with Crippen LogP contribution in [0.15, 0.2) is 18.3 Å². The van der Waals surface area contributed by atoms with Gasteiger partial charge in [-0.05, 0) is 18.6 Å². The maximum absolute atomic E-state index is 5.82. The van der Waals surface area contributed by atoms with Gasteiger partial charge in [0.1, 0.15) is 0 Å². The van der Waals surface area contributed by atoms with Gasteiger partial charge in [-0.15, -0.1) is 0 Å². The summed E-state index contributed by atoms with van der Waals surface area (Å²) >= 11 is 0. The lowest BCUT2D eigenvalue weighted by Gasteiger charge is -2.08. The van der Waals surface area contributed by atoms with Crippen molar-refractivity contribution < 1.29 is 4.74 Å². The minimum Gasteiger partial charge on any atom is -0.491 e. The summed E-state index contributed by atoms with van der Waals surface area (Å²) in [6, 6.07) is 3.72. The van der Waals surface area contributed by atoms with Gasteiger partial charge < -0.3 is 10.5 Å². The van der Waals surface area contributed by atoms with Gasteiger partial charge in [0.05, 0.1) is 29.4 Å². The number of benzene rings is 1. The van der Waals surface area contributed by atoms with E-state index in [-0.39, 0.29) is 0 Å². The van der Waals surface area contributed by atoms with Crippen LogP contribution in [-0.2, 0) is 0 Å². The van der Waals surface area contributed by atoms with Gasteiger partial charge in [-0.3, -0.25) is 5.10 Å². The molecule has 3 N–H and O–H groups in total. The van der Waals surface area contributed by atoms with Gasteiger partial charge in [0.25, 0.3) is 0 Å². The molecule has 0 spiro atoms. The Morgan fingerprint density at radius 3 is 3.14 bits per heavy atom. The Kier molecular flexibility index (Phi) is 2.26. The number of hydrogen-bond acceptors (Lipinski definition) is 3. The third kappa shape index (κ3) is 1.39. The molecular formula is C10H13N3O. The van der Waals surface area contributed by atoms with Crippen molar-refractivity contribution in [1.82, 2.24) is 10.2 Å². The molecule has 14 heavy (non-hydrogen) atoms. The molecule has 2 aromatic rings. The molecule has 0 atom stereocenters. The lowest BCUT2D eigenvalue weighted by atomic mass is 10.2. The SMILES string of the molecule is CCCOc1c(N)ccc2[nH]ncc12. The van der Waals surface area contributed by atoms with Gasteiger partial charge in [-0.25, -0.2) is 0 Å². The largest absolute Gasteiger partial charge is 0.491 e. The highest BCUT2D eigenvalue weighted by atomic mass is 16.5. The molecule has 0 fully saturated rings. The van der Waals surface area contributed by atoms with Crippen molar-refractivity contribution >= 4 is 16.6 Å². The summed E-state index contributed by atoms with van der Waals surface area (Å²) in [6.45, 7) is 2.74. The fourth-order valence-electron chi connectivity index (χ4n) is 1.37. The average molecular weight is 191 g/mol. The zero-order valence-electron chi connectivity index (χ0n) is 8.08. The van der Waals surface area contributed by atoms with E-state index in [0.29, 0.717) is 12.3 Å². The van der Waals surface area contributed by atoms with E-state index in [9.17, 15) is 0 Å². The van der Waals surface area contributed by atoms with Crippen LogP contribution in [0.1, 0.15) is 13.3 Å². The van der Waals surface area contributed by atoms with Crippen LogP contribution in [0.5, 0.6) is 5.75 Å². The Balaban J connectivity index is 2.47. The number of aromatic amines is 1. The molecule has 0 bridgehead atoms. The Morgan fingerprint density at radius 1 is 1.50 bits per heavy atom. The first kappa shape index (κ1) is 8.87. The van der Waals surface area contributed by atoms with Gasteiger partial charge in [-0.2, -0.15) is 5.10 Å². The summed E-state index contributed by atoms with van der Waals surface area (Å²) in [7, 11) is 0. The molecule has 74 valence electrons. The van der Waals surface area contributed by atoms with Crippen molar-refractivity contribution in [3.05, 3.63) is 18.3 Å². The van der Waals surface area contributed by atoms with Crippen LogP contribution in [0.4, 0.5) is 5.69 Å². The van der Waals surface area contributed by atoms with Crippen LogP contribution >= 0.6 is 0 Å². The molecule has 1 aromatic carbocycles. The molecule has 1 aromatic heterocycles. The number of anilines is 1. The molecule has 0 saturated heterocycles. The van der Waals surface area contributed by atoms with Gasteiger partial charge in [0.15, 0.2) is 5.75 Å². The predicted molar refractivity (Wildman–Crippen MR) is 56.3 cm³/mol. The van der Waals surface area contributed by atoms with Crippen LogP contribution in [-0.4, -0.2) is 16.8 Å². The number of nitrogen functional groups attached to an aromatic ring is 1. The molecule has 2 rings (SSSR count). The van der Waals surface area contributed by atoms with Crippen molar-refractivity contribution in [2.75, 3.05) is 12.3 Å². The second kappa shape index (κ2) is 3.57. The topological polar surface area (TPSA) is 63.9 Å². The van der Waals surface area contributed by atoms with Crippen LogP contribution in [0.2, 0.25) is 0 Å². The number of aromatic nitrogens is 2. The Labute approximate surface area is 82.1 Å². The summed E-state index contributed by atoms with van der Waals surface area (Å²) in [5.41, 5.74) is 7.43. The van der Waals surface area contributed by atoms with Gasteiger partial charge in [0, 0.05) is 0 Å². The summed E-state index contributed by atoms with van der Waals surface area (Å²) in [5.74, 6) is 0.734. The number of hydrogen-bond donors (Lipinski definition) is 2. The summed E-state index contributed by atoms with van der Waals surface area (Å²) in [6.07, 6.45) is 2.70. The van der Waals surface area contributed by atoms with Crippen molar-refractivity contribution in [2.24, 2.45) is 0 Å². The standard InChI is InChI=1S/C10H13N3O/c1-2-5-14-10-7-6-12-13-9(7)4-3-8(10)11/h3-4,6H,2,5,11H2,1H3,(H,12,13). The fourth-order valence-corrected chi connectivity index (χ4v) is 1.37. The number of nitrogens with zero attached hydrogens (tertiary/aromatic N) is 1. The smallest absolute Gasteiger partial charge is 0.153 e. The Hall–Kier alpha value is -1.71. The zero-order chi connectivity index (χ0) is 9.97. The molecule has 0 unspecified atom stereocenters. The van der Waals surface area contributed by atoms with E-state index in [1.165, 1.54) is 0 Å². The van der Waals surface area contributed by atoms with Crippen molar-refractivity contribution in [2.45, 2.75) is 13.3 Å². The van der Waals surface area contributed by atoms with Gasteiger partial charge in [0.2, 0.25) is 0 Å². The second-order valence-electron chi connectivity index (χ2n) is 3.16. The van der Waals surface area contributed by atoms with Gasteiger partial charge in [-0.1, -0.05) is 6.92 Å². The molecule has 0 saturated carbocycles. The highest BCUT2D eigenvalue weighted by molar-refractivity contribution is 5.89. The summed E-state index contributed by atoms with van der Waals surface area (Å²) in [4.78, 5) is 0. The fraction of sp³-hybridized carbons (Fsp3) is 0.300.